The number of anilines is 2. The highest BCUT2D eigenvalue weighted by atomic mass is 35.5. The van der Waals surface area contributed by atoms with Crippen LogP contribution >= 0.6 is 23.2 Å². The molecule has 5 nitrogen and oxygen atoms in total. The fraction of sp³-hybridized carbons (Fsp3) is 0.188. The molecule has 0 aliphatic heterocycles. The van der Waals surface area contributed by atoms with E-state index in [9.17, 15) is 26.4 Å². The SMILES string of the molecule is CS(=O)(=O)N(CC(=O)Nc1ccccc1C(F)(F)F)c1cc(Cl)cc(Cl)c1. The molecule has 146 valence electrons. The smallest absolute Gasteiger partial charge is 0.324 e. The van der Waals surface area contributed by atoms with Gasteiger partial charge in [-0.3, -0.25) is 9.10 Å². The summed E-state index contributed by atoms with van der Waals surface area (Å²) in [5.41, 5.74) is -1.52. The molecule has 0 atom stereocenters. The van der Waals surface area contributed by atoms with Crippen molar-refractivity contribution in [2.45, 2.75) is 6.18 Å². The molecular formula is C16H13Cl2F3N2O3S. The molecule has 0 aliphatic carbocycles. The van der Waals surface area contributed by atoms with Crippen LogP contribution < -0.4 is 9.62 Å². The predicted molar refractivity (Wildman–Crippen MR) is 98.7 cm³/mol. The summed E-state index contributed by atoms with van der Waals surface area (Å²) in [7, 11) is -3.94. The number of sulfonamides is 1. The lowest BCUT2D eigenvalue weighted by atomic mass is 10.1. The largest absolute Gasteiger partial charge is 0.418 e. The van der Waals surface area contributed by atoms with Crippen LogP contribution in [-0.2, 0) is 21.0 Å². The van der Waals surface area contributed by atoms with Gasteiger partial charge in [-0.25, -0.2) is 8.42 Å². The number of hydrogen-bond acceptors (Lipinski definition) is 3. The Morgan fingerprint density at radius 3 is 2.19 bits per heavy atom. The van der Waals surface area contributed by atoms with Gasteiger partial charge in [-0.15, -0.1) is 0 Å². The van der Waals surface area contributed by atoms with E-state index in [-0.39, 0.29) is 15.7 Å². The third kappa shape index (κ3) is 5.75. The zero-order valence-electron chi connectivity index (χ0n) is 13.7. The molecule has 0 fully saturated rings. The maximum absolute atomic E-state index is 13.0. The Balaban J connectivity index is 2.31. The Morgan fingerprint density at radius 2 is 1.67 bits per heavy atom. The minimum Gasteiger partial charge on any atom is -0.324 e. The summed E-state index contributed by atoms with van der Waals surface area (Å²) in [4.78, 5) is 12.2. The number of benzene rings is 2. The maximum atomic E-state index is 13.0. The van der Waals surface area contributed by atoms with Crippen LogP contribution in [0.25, 0.3) is 0 Å². The van der Waals surface area contributed by atoms with E-state index in [1.165, 1.54) is 30.3 Å². The summed E-state index contributed by atoms with van der Waals surface area (Å²) in [6.45, 7) is -0.762. The van der Waals surface area contributed by atoms with Gasteiger partial charge in [0.2, 0.25) is 15.9 Å². The van der Waals surface area contributed by atoms with Crippen molar-refractivity contribution >= 4 is 50.5 Å². The molecule has 2 aromatic carbocycles. The van der Waals surface area contributed by atoms with E-state index >= 15 is 0 Å². The monoisotopic (exact) mass is 440 g/mol. The summed E-state index contributed by atoms with van der Waals surface area (Å²) >= 11 is 11.7. The number of carbonyl (C=O) groups excluding carboxylic acids is 1. The van der Waals surface area contributed by atoms with E-state index in [1.807, 2.05) is 0 Å². The Kier molecular flexibility index (Phi) is 6.28. The zero-order valence-corrected chi connectivity index (χ0v) is 16.0. The van der Waals surface area contributed by atoms with Crippen molar-refractivity contribution < 1.29 is 26.4 Å². The van der Waals surface area contributed by atoms with Gasteiger partial charge in [-0.05, 0) is 30.3 Å². The number of alkyl halides is 3. The second-order valence-electron chi connectivity index (χ2n) is 5.49. The topological polar surface area (TPSA) is 66.5 Å². The molecule has 2 aromatic rings. The number of amides is 1. The molecule has 11 heteroatoms. The minimum atomic E-state index is -4.68. The van der Waals surface area contributed by atoms with Crippen molar-refractivity contribution in [2.24, 2.45) is 0 Å². The van der Waals surface area contributed by atoms with Crippen LogP contribution in [0.1, 0.15) is 5.56 Å². The summed E-state index contributed by atoms with van der Waals surface area (Å²) in [6.07, 6.45) is -3.83. The highest BCUT2D eigenvalue weighted by molar-refractivity contribution is 7.92. The first-order valence-electron chi connectivity index (χ1n) is 7.28. The van der Waals surface area contributed by atoms with Gasteiger partial charge in [0.25, 0.3) is 0 Å². The Hall–Kier alpha value is -1.97. The van der Waals surface area contributed by atoms with Crippen LogP contribution in [0.4, 0.5) is 24.5 Å². The van der Waals surface area contributed by atoms with Crippen molar-refractivity contribution in [1.29, 1.82) is 0 Å². The van der Waals surface area contributed by atoms with Gasteiger partial charge >= 0.3 is 6.18 Å². The van der Waals surface area contributed by atoms with Crippen molar-refractivity contribution in [1.82, 2.24) is 0 Å². The molecular weight excluding hydrogens is 428 g/mol. The Bertz CT molecular complexity index is 945. The molecule has 0 radical (unpaired) electrons. The highest BCUT2D eigenvalue weighted by Gasteiger charge is 2.33. The standard InChI is InChI=1S/C16H13Cl2F3N2O3S/c1-27(25,26)23(12-7-10(17)6-11(18)8-12)9-15(24)22-14-5-3-2-4-13(14)16(19,20)21/h2-8H,9H2,1H3,(H,22,24). The molecule has 0 aromatic heterocycles. The molecule has 27 heavy (non-hydrogen) atoms. The van der Waals surface area contributed by atoms with Gasteiger partial charge in [0.05, 0.1) is 23.2 Å². The van der Waals surface area contributed by atoms with Gasteiger partial charge in [-0.1, -0.05) is 35.3 Å². The molecule has 0 aliphatic rings. The first kappa shape index (κ1) is 21.3. The van der Waals surface area contributed by atoms with E-state index in [0.717, 1.165) is 18.4 Å². The zero-order chi connectivity index (χ0) is 20.4. The van der Waals surface area contributed by atoms with Crippen LogP contribution in [0.5, 0.6) is 0 Å². The lowest BCUT2D eigenvalue weighted by Gasteiger charge is -2.23. The fourth-order valence-corrected chi connectivity index (χ4v) is 3.60. The number of carbonyl (C=O) groups is 1. The summed E-state index contributed by atoms with van der Waals surface area (Å²) in [5.74, 6) is -0.965. The van der Waals surface area contributed by atoms with Crippen molar-refractivity contribution in [2.75, 3.05) is 22.4 Å². The lowest BCUT2D eigenvalue weighted by molar-refractivity contribution is -0.137. The molecule has 2 rings (SSSR count). The quantitative estimate of drug-likeness (QED) is 0.748. The third-order valence-electron chi connectivity index (χ3n) is 3.33. The molecule has 0 saturated carbocycles. The molecule has 1 N–H and O–H groups in total. The molecule has 0 spiro atoms. The summed E-state index contributed by atoms with van der Waals surface area (Å²) in [6, 6.07) is 8.28. The van der Waals surface area contributed by atoms with Crippen LogP contribution in [0.15, 0.2) is 42.5 Å². The summed E-state index contributed by atoms with van der Waals surface area (Å²) < 4.78 is 63.8. The number of nitrogens with zero attached hydrogens (tertiary/aromatic N) is 1. The molecule has 0 bridgehead atoms. The second kappa shape index (κ2) is 7.95. The van der Waals surface area contributed by atoms with Gasteiger partial charge in [0.1, 0.15) is 6.54 Å². The highest BCUT2D eigenvalue weighted by Crippen LogP contribution is 2.34. The molecule has 0 heterocycles. The van der Waals surface area contributed by atoms with E-state index in [4.69, 9.17) is 23.2 Å². The van der Waals surface area contributed by atoms with Crippen LogP contribution in [0.3, 0.4) is 0 Å². The van der Waals surface area contributed by atoms with Gasteiger partial charge in [0.15, 0.2) is 0 Å². The van der Waals surface area contributed by atoms with Crippen LogP contribution in [-0.4, -0.2) is 27.1 Å². The number of hydrogen-bond donors (Lipinski definition) is 1. The van der Waals surface area contributed by atoms with Crippen molar-refractivity contribution in [3.63, 3.8) is 0 Å². The second-order valence-corrected chi connectivity index (χ2v) is 8.27. The first-order valence-corrected chi connectivity index (χ1v) is 9.88. The maximum Gasteiger partial charge on any atom is 0.418 e. The minimum absolute atomic E-state index is 0.00857. The van der Waals surface area contributed by atoms with Crippen LogP contribution in [0, 0.1) is 0 Å². The number of rotatable bonds is 5. The van der Waals surface area contributed by atoms with Crippen molar-refractivity contribution in [3.05, 3.63) is 58.1 Å². The number of nitrogens with one attached hydrogen (secondary N) is 1. The van der Waals surface area contributed by atoms with Crippen LogP contribution in [0.2, 0.25) is 10.0 Å². The van der Waals surface area contributed by atoms with Gasteiger partial charge in [-0.2, -0.15) is 13.2 Å². The Morgan fingerprint density at radius 1 is 1.11 bits per heavy atom. The van der Waals surface area contributed by atoms with Crippen molar-refractivity contribution in [3.8, 4) is 0 Å². The Labute approximate surface area is 163 Å². The predicted octanol–water partition coefficient (Wildman–Crippen LogP) is 4.42. The summed E-state index contributed by atoms with van der Waals surface area (Å²) in [5, 5.41) is 2.35. The van der Waals surface area contributed by atoms with Gasteiger partial charge in [0, 0.05) is 10.0 Å². The number of halogens is 5. The molecule has 0 saturated heterocycles. The average Bonchev–Trinajstić information content (AvgIpc) is 2.50. The lowest BCUT2D eigenvalue weighted by Crippen LogP contribution is -2.37. The molecule has 1 amide bonds. The normalized spacial score (nSPS) is 11.9. The molecule has 0 unspecified atom stereocenters. The van der Waals surface area contributed by atoms with E-state index in [2.05, 4.69) is 5.32 Å². The first-order chi connectivity index (χ1) is 12.4. The number of para-hydroxylation sites is 1. The van der Waals surface area contributed by atoms with E-state index < -0.39 is 39.9 Å². The van der Waals surface area contributed by atoms with E-state index in [0.29, 0.717) is 4.31 Å². The third-order valence-corrected chi connectivity index (χ3v) is 4.91. The van der Waals surface area contributed by atoms with E-state index in [1.54, 1.807) is 0 Å². The van der Waals surface area contributed by atoms with Gasteiger partial charge < -0.3 is 5.32 Å². The fourth-order valence-electron chi connectivity index (χ4n) is 2.24. The average molecular weight is 441 g/mol.